The molecule has 2 rings (SSSR count). The number of nitrogens with zero attached hydrogens (tertiary/aromatic N) is 1. The first-order chi connectivity index (χ1) is 9.67. The van der Waals surface area contributed by atoms with Crippen LogP contribution in [0.25, 0.3) is 0 Å². The molecule has 0 aliphatic carbocycles. The SMILES string of the molecule is [11CH3]c1cn([C@H]2C[C@H](O)[C@@H](COP(=O)(O)O)O2)c(=O)[nH]c1=O. The molecule has 0 saturated carbocycles. The van der Waals surface area contributed by atoms with Crippen molar-refractivity contribution in [2.45, 2.75) is 31.8 Å². The third-order valence-corrected chi connectivity index (χ3v) is 3.55. The first-order valence-electron chi connectivity index (χ1n) is 6.03. The van der Waals surface area contributed by atoms with Crippen molar-refractivity contribution >= 4 is 7.82 Å². The van der Waals surface area contributed by atoms with Gasteiger partial charge in [-0.1, -0.05) is 0 Å². The van der Waals surface area contributed by atoms with Gasteiger partial charge in [0.2, 0.25) is 0 Å². The van der Waals surface area contributed by atoms with Crippen molar-refractivity contribution < 1.29 is 28.7 Å². The van der Waals surface area contributed by atoms with Gasteiger partial charge >= 0.3 is 13.5 Å². The van der Waals surface area contributed by atoms with E-state index in [4.69, 9.17) is 14.5 Å². The quantitative estimate of drug-likeness (QED) is 0.494. The number of rotatable bonds is 4. The van der Waals surface area contributed by atoms with E-state index in [1.807, 2.05) is 0 Å². The maximum Gasteiger partial charge on any atom is 0.469 e. The Morgan fingerprint density at radius 2 is 2.19 bits per heavy atom. The van der Waals surface area contributed by atoms with Gasteiger partial charge in [-0.25, -0.2) is 9.36 Å². The predicted molar refractivity (Wildman–Crippen MR) is 68.6 cm³/mol. The van der Waals surface area contributed by atoms with E-state index >= 15 is 0 Å². The van der Waals surface area contributed by atoms with Crippen LogP contribution in [0.3, 0.4) is 0 Å². The highest BCUT2D eigenvalue weighted by Crippen LogP contribution is 2.38. The lowest BCUT2D eigenvalue weighted by atomic mass is 10.1. The van der Waals surface area contributed by atoms with Crippen molar-refractivity contribution in [1.29, 1.82) is 0 Å². The van der Waals surface area contributed by atoms with Crippen molar-refractivity contribution in [2.24, 2.45) is 0 Å². The van der Waals surface area contributed by atoms with Gasteiger partial charge in [0.25, 0.3) is 5.56 Å². The van der Waals surface area contributed by atoms with Crippen molar-refractivity contribution in [1.82, 2.24) is 9.55 Å². The van der Waals surface area contributed by atoms with Gasteiger partial charge in [0.05, 0.1) is 12.7 Å². The summed E-state index contributed by atoms with van der Waals surface area (Å²) >= 11 is 0. The summed E-state index contributed by atoms with van der Waals surface area (Å²) in [5.74, 6) is 0. The molecule has 1 fully saturated rings. The van der Waals surface area contributed by atoms with Gasteiger partial charge < -0.3 is 19.6 Å². The van der Waals surface area contributed by atoms with Gasteiger partial charge in [0.15, 0.2) is 0 Å². The van der Waals surface area contributed by atoms with Crippen LogP contribution in [0, 0.1) is 6.92 Å². The van der Waals surface area contributed by atoms with Crippen LogP contribution in [0.2, 0.25) is 0 Å². The van der Waals surface area contributed by atoms with Crippen LogP contribution in [-0.2, 0) is 13.8 Å². The standard InChI is InChI=1S/C10H15N2O8P/c1-5-3-12(10(15)11-9(5)14)8-2-6(13)7(20-8)4-19-21(16,17)18/h3,6-8,13H,2,4H2,1H3,(H,11,14,15)(H2,16,17,18)/t6-,7+,8+/m0/s1/i1-1. The van der Waals surface area contributed by atoms with Crippen LogP contribution in [-0.4, -0.2) is 43.3 Å². The molecule has 0 radical (unpaired) electrons. The van der Waals surface area contributed by atoms with Crippen LogP contribution < -0.4 is 11.2 Å². The highest BCUT2D eigenvalue weighted by molar-refractivity contribution is 7.46. The van der Waals surface area contributed by atoms with E-state index in [-0.39, 0.29) is 6.42 Å². The van der Waals surface area contributed by atoms with E-state index in [0.29, 0.717) is 5.56 Å². The number of hydrogen-bond donors (Lipinski definition) is 4. The summed E-state index contributed by atoms with van der Waals surface area (Å²) in [6.45, 7) is 0.994. The second-order valence-electron chi connectivity index (χ2n) is 4.70. The second kappa shape index (κ2) is 5.84. The lowest BCUT2D eigenvalue weighted by Gasteiger charge is -2.16. The lowest BCUT2D eigenvalue weighted by Crippen LogP contribution is -2.33. The molecule has 11 heteroatoms. The van der Waals surface area contributed by atoms with Gasteiger partial charge in [-0.05, 0) is 6.92 Å². The lowest BCUT2D eigenvalue weighted by molar-refractivity contribution is -0.0451. The number of nitrogens with one attached hydrogen (secondary N) is 1. The summed E-state index contributed by atoms with van der Waals surface area (Å²) < 4.78 is 21.4. The van der Waals surface area contributed by atoms with Crippen LogP contribution in [0.15, 0.2) is 15.8 Å². The summed E-state index contributed by atoms with van der Waals surface area (Å²) in [6.07, 6.45) is -1.57. The van der Waals surface area contributed by atoms with Crippen molar-refractivity contribution in [3.63, 3.8) is 0 Å². The van der Waals surface area contributed by atoms with E-state index in [0.717, 1.165) is 4.57 Å². The Kier molecular flexibility index (Phi) is 4.47. The van der Waals surface area contributed by atoms with Crippen molar-refractivity contribution in [2.75, 3.05) is 6.61 Å². The molecule has 10 nitrogen and oxygen atoms in total. The van der Waals surface area contributed by atoms with Gasteiger partial charge in [0, 0.05) is 18.2 Å². The molecule has 1 saturated heterocycles. The summed E-state index contributed by atoms with van der Waals surface area (Å²) in [7, 11) is -4.67. The summed E-state index contributed by atoms with van der Waals surface area (Å²) in [5.41, 5.74) is -0.918. The molecule has 4 N–H and O–H groups in total. The molecular formula is C10H15N2O8P. The van der Waals surface area contributed by atoms with Gasteiger partial charge in [-0.2, -0.15) is 0 Å². The molecule has 118 valence electrons. The molecule has 1 aliphatic rings. The number of phosphoric acid groups is 1. The Bertz CT molecular complexity index is 676. The molecule has 2 heterocycles. The average Bonchev–Trinajstić information content (AvgIpc) is 2.72. The third-order valence-electron chi connectivity index (χ3n) is 3.07. The Morgan fingerprint density at radius 1 is 1.52 bits per heavy atom. The molecule has 1 aromatic heterocycles. The molecule has 0 unspecified atom stereocenters. The normalized spacial score (nSPS) is 26.2. The number of hydrogen-bond acceptors (Lipinski definition) is 6. The number of phosphoric ester groups is 1. The highest BCUT2D eigenvalue weighted by atomic mass is 31.2. The number of aryl methyl sites for hydroxylation is 1. The Balaban J connectivity index is 2.14. The fourth-order valence-corrected chi connectivity index (χ4v) is 2.35. The zero-order valence-corrected chi connectivity index (χ0v) is 11.9. The smallest absolute Gasteiger partial charge is 0.390 e. The van der Waals surface area contributed by atoms with Gasteiger partial charge in [-0.3, -0.25) is 18.9 Å². The van der Waals surface area contributed by atoms with E-state index in [9.17, 15) is 19.3 Å². The number of H-pyrrole nitrogens is 1. The summed E-state index contributed by atoms with van der Waals surface area (Å²) in [6, 6.07) is 0. The number of aliphatic hydroxyl groups is 1. The maximum absolute atomic E-state index is 11.7. The number of aliphatic hydroxyl groups excluding tert-OH is 1. The molecule has 0 spiro atoms. The molecule has 0 amide bonds. The monoisotopic (exact) mass is 321 g/mol. The average molecular weight is 321 g/mol. The minimum absolute atomic E-state index is 0.0283. The minimum atomic E-state index is -4.67. The van der Waals surface area contributed by atoms with E-state index in [1.54, 1.807) is 0 Å². The number of aromatic nitrogens is 2. The van der Waals surface area contributed by atoms with E-state index in [1.165, 1.54) is 13.1 Å². The summed E-state index contributed by atoms with van der Waals surface area (Å²) in [4.78, 5) is 42.3. The van der Waals surface area contributed by atoms with Gasteiger partial charge in [-0.15, -0.1) is 0 Å². The van der Waals surface area contributed by atoms with Crippen LogP contribution in [0.1, 0.15) is 18.2 Å². The zero-order chi connectivity index (χ0) is 15.8. The number of ether oxygens (including phenoxy) is 1. The zero-order valence-electron chi connectivity index (χ0n) is 11.0. The first-order valence-corrected chi connectivity index (χ1v) is 7.56. The molecule has 3 atom stereocenters. The largest absolute Gasteiger partial charge is 0.469 e. The second-order valence-corrected chi connectivity index (χ2v) is 5.94. The van der Waals surface area contributed by atoms with Crippen molar-refractivity contribution in [3.8, 4) is 0 Å². The molecule has 21 heavy (non-hydrogen) atoms. The summed E-state index contributed by atoms with van der Waals surface area (Å²) in [5, 5.41) is 9.79. The molecule has 0 aromatic carbocycles. The predicted octanol–water partition coefficient (Wildman–Crippen LogP) is -1.40. The van der Waals surface area contributed by atoms with Crippen LogP contribution >= 0.6 is 7.82 Å². The Labute approximate surface area is 118 Å². The Hall–Kier alpha value is -1.29. The molecule has 0 bridgehead atoms. The third kappa shape index (κ3) is 3.88. The van der Waals surface area contributed by atoms with E-state index in [2.05, 4.69) is 9.51 Å². The first kappa shape index (κ1) is 16.1. The van der Waals surface area contributed by atoms with E-state index < -0.39 is 44.1 Å². The van der Waals surface area contributed by atoms with Gasteiger partial charge in [0.1, 0.15) is 12.3 Å². The highest BCUT2D eigenvalue weighted by Gasteiger charge is 2.37. The van der Waals surface area contributed by atoms with Crippen LogP contribution in [0.5, 0.6) is 0 Å². The minimum Gasteiger partial charge on any atom is -0.390 e. The fraction of sp³-hybridized carbons (Fsp3) is 0.600. The topological polar surface area (TPSA) is 151 Å². The molecule has 1 aliphatic heterocycles. The number of aromatic amines is 1. The van der Waals surface area contributed by atoms with Crippen LogP contribution in [0.4, 0.5) is 0 Å². The van der Waals surface area contributed by atoms with Crippen molar-refractivity contribution in [3.05, 3.63) is 32.6 Å². The fourth-order valence-electron chi connectivity index (χ4n) is 2.01. The maximum atomic E-state index is 11.7. The molecule has 1 aromatic rings. The molecular weight excluding hydrogens is 306 g/mol. The Morgan fingerprint density at radius 3 is 2.81 bits per heavy atom.